The first-order valence-corrected chi connectivity index (χ1v) is 15.6. The van der Waals surface area contributed by atoms with Crippen LogP contribution in [0.4, 0.5) is 0 Å². The molecular weight excluding hydrogens is 550 g/mol. The highest BCUT2D eigenvalue weighted by atomic mass is 16.5. The van der Waals surface area contributed by atoms with Crippen molar-refractivity contribution in [2.24, 2.45) is 0 Å². The van der Waals surface area contributed by atoms with Gasteiger partial charge < -0.3 is 25.4 Å². The monoisotopic (exact) mass is 603 g/mol. The fourth-order valence-corrected chi connectivity index (χ4v) is 3.88. The molecule has 3 N–H and O–H groups in total. The third-order valence-electron chi connectivity index (χ3n) is 6.35. The van der Waals surface area contributed by atoms with E-state index in [-0.39, 0.29) is 11.8 Å². The molecule has 0 aliphatic heterocycles. The lowest BCUT2D eigenvalue weighted by molar-refractivity contribution is -0.121. The topological polar surface area (TPSA) is 88.7 Å². The van der Waals surface area contributed by atoms with Crippen molar-refractivity contribution in [3.05, 3.63) is 103 Å². The zero-order valence-corrected chi connectivity index (χ0v) is 27.0. The molecule has 2 amide bonds. The second kappa shape index (κ2) is 26.5. The number of hydrogen-bond acceptors (Lipinski definition) is 5. The molecule has 7 heteroatoms. The van der Waals surface area contributed by atoms with E-state index >= 15 is 0 Å². The van der Waals surface area contributed by atoms with E-state index in [9.17, 15) is 9.59 Å². The predicted molar refractivity (Wildman–Crippen MR) is 185 cm³/mol. The van der Waals surface area contributed by atoms with Gasteiger partial charge in [-0.3, -0.25) is 9.59 Å². The SMILES string of the molecule is C=C(C(=O)NCCNCCNC(=O)CC/C=C/C/C=C/C/C=C/C/C=C/C/C=C/C/C=C/CC)c1ccc(OC)c(OC)c1. The number of amides is 2. The Morgan fingerprint density at radius 1 is 0.682 bits per heavy atom. The van der Waals surface area contributed by atoms with E-state index in [4.69, 9.17) is 9.47 Å². The molecular formula is C37H53N3O4. The van der Waals surface area contributed by atoms with Gasteiger partial charge >= 0.3 is 0 Å². The summed E-state index contributed by atoms with van der Waals surface area (Å²) < 4.78 is 10.5. The largest absolute Gasteiger partial charge is 0.493 e. The van der Waals surface area contributed by atoms with Crippen LogP contribution in [0.15, 0.2) is 97.7 Å². The minimum atomic E-state index is -0.248. The lowest BCUT2D eigenvalue weighted by Crippen LogP contribution is -2.36. The van der Waals surface area contributed by atoms with Crippen LogP contribution in [-0.4, -0.2) is 52.2 Å². The number of carbonyl (C=O) groups excluding carboxylic acids is 2. The van der Waals surface area contributed by atoms with Gasteiger partial charge in [-0.25, -0.2) is 0 Å². The molecule has 7 nitrogen and oxygen atoms in total. The average Bonchev–Trinajstić information content (AvgIpc) is 3.04. The molecule has 0 fully saturated rings. The molecule has 240 valence electrons. The maximum atomic E-state index is 12.4. The average molecular weight is 604 g/mol. The first kappa shape index (κ1) is 37.9. The number of methoxy groups -OCH3 is 2. The van der Waals surface area contributed by atoms with Gasteiger partial charge in [0.1, 0.15) is 0 Å². The fraction of sp³-hybridized carbons (Fsp3) is 0.405. The van der Waals surface area contributed by atoms with E-state index in [1.165, 1.54) is 0 Å². The van der Waals surface area contributed by atoms with Crippen LogP contribution in [0.1, 0.15) is 63.9 Å². The number of nitrogens with one attached hydrogen (secondary N) is 3. The molecule has 0 radical (unpaired) electrons. The van der Waals surface area contributed by atoms with Crippen LogP contribution in [-0.2, 0) is 9.59 Å². The van der Waals surface area contributed by atoms with E-state index < -0.39 is 0 Å². The Kier molecular flexibility index (Phi) is 22.9. The molecule has 0 aromatic heterocycles. The summed E-state index contributed by atoms with van der Waals surface area (Å²) in [7, 11) is 3.11. The second-order valence-corrected chi connectivity index (χ2v) is 9.86. The van der Waals surface area contributed by atoms with Crippen molar-refractivity contribution in [1.82, 2.24) is 16.0 Å². The minimum Gasteiger partial charge on any atom is -0.493 e. The van der Waals surface area contributed by atoms with Crippen LogP contribution in [0.25, 0.3) is 5.57 Å². The maximum absolute atomic E-state index is 12.4. The molecule has 1 aromatic carbocycles. The van der Waals surface area contributed by atoms with Crippen LogP contribution < -0.4 is 25.4 Å². The van der Waals surface area contributed by atoms with Crippen LogP contribution >= 0.6 is 0 Å². The van der Waals surface area contributed by atoms with Crippen molar-refractivity contribution in [3.8, 4) is 11.5 Å². The Bertz CT molecular complexity index is 1150. The third-order valence-corrected chi connectivity index (χ3v) is 6.35. The van der Waals surface area contributed by atoms with Gasteiger partial charge in [0.25, 0.3) is 5.91 Å². The molecule has 1 rings (SSSR count). The quantitative estimate of drug-likeness (QED) is 0.0672. The van der Waals surface area contributed by atoms with Crippen molar-refractivity contribution in [2.45, 2.75) is 58.3 Å². The van der Waals surface area contributed by atoms with Gasteiger partial charge in [-0.15, -0.1) is 0 Å². The van der Waals surface area contributed by atoms with Gasteiger partial charge in [0.2, 0.25) is 5.91 Å². The van der Waals surface area contributed by atoms with Crippen molar-refractivity contribution < 1.29 is 19.1 Å². The Labute approximate surface area is 265 Å². The van der Waals surface area contributed by atoms with Gasteiger partial charge in [-0.2, -0.15) is 0 Å². The lowest BCUT2D eigenvalue weighted by atomic mass is 10.1. The summed E-state index contributed by atoms with van der Waals surface area (Å²) in [5.74, 6) is 0.919. The highest BCUT2D eigenvalue weighted by Gasteiger charge is 2.12. The third kappa shape index (κ3) is 19.2. The zero-order chi connectivity index (χ0) is 32.1. The molecule has 1 aromatic rings. The number of benzene rings is 1. The molecule has 44 heavy (non-hydrogen) atoms. The normalized spacial score (nSPS) is 12.0. The highest BCUT2D eigenvalue weighted by molar-refractivity contribution is 6.18. The molecule has 0 saturated carbocycles. The van der Waals surface area contributed by atoms with E-state index in [2.05, 4.69) is 102 Å². The van der Waals surface area contributed by atoms with E-state index in [0.29, 0.717) is 55.2 Å². The molecule has 0 unspecified atom stereocenters. The minimum absolute atomic E-state index is 0.0332. The molecule has 0 spiro atoms. The van der Waals surface area contributed by atoms with E-state index in [1.54, 1.807) is 32.4 Å². The van der Waals surface area contributed by atoms with Gasteiger partial charge in [0.05, 0.1) is 14.2 Å². The number of hydrogen-bond donors (Lipinski definition) is 3. The van der Waals surface area contributed by atoms with Crippen LogP contribution in [0.3, 0.4) is 0 Å². The van der Waals surface area contributed by atoms with Gasteiger partial charge in [0.15, 0.2) is 11.5 Å². The number of allylic oxidation sites excluding steroid dienone is 12. The molecule has 0 aliphatic rings. The first-order valence-electron chi connectivity index (χ1n) is 15.6. The second-order valence-electron chi connectivity index (χ2n) is 9.86. The number of carbonyl (C=O) groups is 2. The van der Waals surface area contributed by atoms with Crippen molar-refractivity contribution >= 4 is 17.4 Å². The standard InChI is InChI=1S/C37H53N3O4/c1-5-6-7-8-9-10-11-12-13-14-15-16-17-18-19-20-21-22-23-24-36(41)39-29-27-38-28-30-40-37(42)32(2)33-25-26-34(43-3)35(31-33)44-4/h6-7,9-10,12-13,15-16,18-19,21-22,25-26,31,38H,2,5,8,11,14,17,20,23-24,27-30H2,1,3-4H3,(H,39,41)(H,40,42)/b7-6+,10-9+,13-12+,16-15+,19-18+,22-21+. The van der Waals surface area contributed by atoms with E-state index in [0.717, 1.165) is 44.9 Å². The lowest BCUT2D eigenvalue weighted by Gasteiger charge is -2.12. The molecule has 0 saturated heterocycles. The summed E-state index contributed by atoms with van der Waals surface area (Å²) in [6, 6.07) is 5.24. The summed E-state index contributed by atoms with van der Waals surface area (Å²) in [6.07, 6.45) is 33.1. The van der Waals surface area contributed by atoms with Crippen molar-refractivity contribution in [3.63, 3.8) is 0 Å². The maximum Gasteiger partial charge on any atom is 0.251 e. The van der Waals surface area contributed by atoms with Crippen molar-refractivity contribution in [2.75, 3.05) is 40.4 Å². The fourth-order valence-electron chi connectivity index (χ4n) is 3.88. The van der Waals surface area contributed by atoms with Crippen LogP contribution in [0.2, 0.25) is 0 Å². The number of rotatable bonds is 24. The van der Waals surface area contributed by atoms with Crippen LogP contribution in [0, 0.1) is 0 Å². The highest BCUT2D eigenvalue weighted by Crippen LogP contribution is 2.29. The molecule has 0 atom stereocenters. The van der Waals surface area contributed by atoms with Gasteiger partial charge in [-0.05, 0) is 62.6 Å². The Morgan fingerprint density at radius 3 is 1.70 bits per heavy atom. The first-order chi connectivity index (χ1) is 21.5. The Morgan fingerprint density at radius 2 is 1.18 bits per heavy atom. The summed E-state index contributed by atoms with van der Waals surface area (Å²) in [5, 5.41) is 8.96. The molecule has 0 heterocycles. The van der Waals surface area contributed by atoms with Crippen LogP contribution in [0.5, 0.6) is 11.5 Å². The molecule has 0 aliphatic carbocycles. The summed E-state index contributed by atoms with van der Waals surface area (Å²) >= 11 is 0. The smallest absolute Gasteiger partial charge is 0.251 e. The van der Waals surface area contributed by atoms with Crippen molar-refractivity contribution in [1.29, 1.82) is 0 Å². The predicted octanol–water partition coefficient (Wildman–Crippen LogP) is 7.02. The Hall–Kier alpha value is -4.10. The van der Waals surface area contributed by atoms with Gasteiger partial charge in [-0.1, -0.05) is 92.5 Å². The Balaban J connectivity index is 2.02. The summed E-state index contributed by atoms with van der Waals surface area (Å²) in [6.45, 7) is 8.23. The van der Waals surface area contributed by atoms with Gasteiger partial charge in [0, 0.05) is 38.2 Å². The van der Waals surface area contributed by atoms with E-state index in [1.807, 2.05) is 0 Å². The zero-order valence-electron chi connectivity index (χ0n) is 27.0. The summed E-state index contributed by atoms with van der Waals surface area (Å²) in [4.78, 5) is 24.4. The summed E-state index contributed by atoms with van der Waals surface area (Å²) in [5.41, 5.74) is 1.02. The molecule has 0 bridgehead atoms. The number of ether oxygens (including phenoxy) is 2.